The molecule has 1 aliphatic carbocycles. The van der Waals surface area contributed by atoms with E-state index in [0.29, 0.717) is 0 Å². The quantitative estimate of drug-likeness (QED) is 0.789. The van der Waals surface area contributed by atoms with E-state index in [-0.39, 0.29) is 0 Å². The Kier molecular flexibility index (Phi) is 4.66. The van der Waals surface area contributed by atoms with E-state index in [9.17, 15) is 0 Å². The molecule has 0 aromatic rings. The lowest BCUT2D eigenvalue weighted by Gasteiger charge is -2.39. The van der Waals surface area contributed by atoms with Crippen LogP contribution in [0.1, 0.15) is 45.4 Å². The Hall–Kier alpha value is -0.0800. The summed E-state index contributed by atoms with van der Waals surface area (Å²) >= 11 is 0. The molecule has 2 fully saturated rings. The first-order chi connectivity index (χ1) is 7.83. The molecule has 0 radical (unpaired) electrons. The topological polar surface area (TPSA) is 15.3 Å². The van der Waals surface area contributed by atoms with Gasteiger partial charge in [-0.05, 0) is 44.7 Å². The van der Waals surface area contributed by atoms with Crippen molar-refractivity contribution in [2.75, 3.05) is 26.7 Å². The third kappa shape index (κ3) is 2.98. The van der Waals surface area contributed by atoms with Crippen LogP contribution in [0.25, 0.3) is 0 Å². The van der Waals surface area contributed by atoms with E-state index in [4.69, 9.17) is 0 Å². The van der Waals surface area contributed by atoms with Crippen molar-refractivity contribution in [3.63, 3.8) is 0 Å². The molecule has 1 aliphatic heterocycles. The molecule has 1 heterocycles. The molecule has 0 amide bonds. The number of rotatable bonds is 4. The molecule has 94 valence electrons. The monoisotopic (exact) mass is 224 g/mol. The van der Waals surface area contributed by atoms with Crippen LogP contribution in [0, 0.1) is 11.8 Å². The minimum atomic E-state index is 0.768. The zero-order valence-electron chi connectivity index (χ0n) is 11.0. The van der Waals surface area contributed by atoms with Gasteiger partial charge < -0.3 is 10.2 Å². The highest BCUT2D eigenvalue weighted by Gasteiger charge is 2.28. The van der Waals surface area contributed by atoms with Crippen LogP contribution < -0.4 is 5.32 Å². The molecule has 2 atom stereocenters. The predicted molar refractivity (Wildman–Crippen MR) is 69.6 cm³/mol. The molecule has 2 rings (SSSR count). The average molecular weight is 224 g/mol. The maximum atomic E-state index is 3.49. The van der Waals surface area contributed by atoms with E-state index in [0.717, 1.165) is 17.9 Å². The number of nitrogens with zero attached hydrogens (tertiary/aromatic N) is 1. The van der Waals surface area contributed by atoms with Crippen LogP contribution in [0.3, 0.4) is 0 Å². The minimum absolute atomic E-state index is 0.768. The molecule has 1 saturated heterocycles. The summed E-state index contributed by atoms with van der Waals surface area (Å²) in [6, 6.07) is 0.768. The molecule has 2 nitrogen and oxygen atoms in total. The molecule has 0 bridgehead atoms. The summed E-state index contributed by atoms with van der Waals surface area (Å²) in [4.78, 5) is 2.73. The first kappa shape index (κ1) is 12.4. The molecule has 1 saturated carbocycles. The highest BCUT2D eigenvalue weighted by molar-refractivity contribution is 4.85. The summed E-state index contributed by atoms with van der Waals surface area (Å²) < 4.78 is 0. The zero-order valence-corrected chi connectivity index (χ0v) is 11.0. The summed E-state index contributed by atoms with van der Waals surface area (Å²) in [6.45, 7) is 6.37. The summed E-state index contributed by atoms with van der Waals surface area (Å²) in [5.41, 5.74) is 0. The second kappa shape index (κ2) is 6.02. The van der Waals surface area contributed by atoms with Gasteiger partial charge in [0.25, 0.3) is 0 Å². The van der Waals surface area contributed by atoms with Crippen LogP contribution in [0.5, 0.6) is 0 Å². The first-order valence-corrected chi connectivity index (χ1v) is 7.23. The molecular weight excluding hydrogens is 196 g/mol. The number of piperidine rings is 1. The molecule has 0 spiro atoms. The van der Waals surface area contributed by atoms with Crippen LogP contribution in [0.4, 0.5) is 0 Å². The van der Waals surface area contributed by atoms with Gasteiger partial charge in [-0.1, -0.05) is 26.2 Å². The standard InChI is InChI=1S/C14H28N2/c1-3-13-11-16(9-8-14(13)15-2)10-12-6-4-5-7-12/h12-15H,3-11H2,1-2H3. The first-order valence-electron chi connectivity index (χ1n) is 7.23. The average Bonchev–Trinajstić information content (AvgIpc) is 2.81. The van der Waals surface area contributed by atoms with Gasteiger partial charge in [-0.2, -0.15) is 0 Å². The fourth-order valence-corrected chi connectivity index (χ4v) is 3.63. The van der Waals surface area contributed by atoms with Crippen molar-refractivity contribution in [2.45, 2.75) is 51.5 Å². The number of likely N-dealkylation sites (tertiary alicyclic amines) is 1. The third-order valence-corrected chi connectivity index (χ3v) is 4.70. The van der Waals surface area contributed by atoms with Gasteiger partial charge in [-0.15, -0.1) is 0 Å². The molecule has 16 heavy (non-hydrogen) atoms. The van der Waals surface area contributed by atoms with Crippen LogP contribution >= 0.6 is 0 Å². The van der Waals surface area contributed by atoms with Crippen LogP contribution in [-0.4, -0.2) is 37.6 Å². The maximum absolute atomic E-state index is 3.49. The lowest BCUT2D eigenvalue weighted by atomic mass is 9.89. The Bertz CT molecular complexity index is 199. The molecule has 2 unspecified atom stereocenters. The maximum Gasteiger partial charge on any atom is 0.0117 e. The Morgan fingerprint density at radius 3 is 2.56 bits per heavy atom. The van der Waals surface area contributed by atoms with Gasteiger partial charge in [-0.3, -0.25) is 0 Å². The molecule has 2 heteroatoms. The van der Waals surface area contributed by atoms with E-state index >= 15 is 0 Å². The van der Waals surface area contributed by atoms with Crippen molar-refractivity contribution in [2.24, 2.45) is 11.8 Å². The Labute approximate surface area is 101 Å². The SMILES string of the molecule is CCC1CN(CC2CCCC2)CCC1NC. The smallest absolute Gasteiger partial charge is 0.0117 e. The van der Waals surface area contributed by atoms with Gasteiger partial charge in [0.05, 0.1) is 0 Å². The second-order valence-corrected chi connectivity index (χ2v) is 5.76. The van der Waals surface area contributed by atoms with E-state index in [2.05, 4.69) is 24.2 Å². The van der Waals surface area contributed by atoms with Crippen molar-refractivity contribution >= 4 is 0 Å². The van der Waals surface area contributed by atoms with Gasteiger partial charge in [-0.25, -0.2) is 0 Å². The molecular formula is C14H28N2. The molecule has 2 aliphatic rings. The van der Waals surface area contributed by atoms with Crippen LogP contribution in [0.15, 0.2) is 0 Å². The minimum Gasteiger partial charge on any atom is -0.317 e. The van der Waals surface area contributed by atoms with Crippen LogP contribution in [-0.2, 0) is 0 Å². The summed E-state index contributed by atoms with van der Waals surface area (Å²) in [6.07, 6.45) is 8.61. The lowest BCUT2D eigenvalue weighted by Crippen LogP contribution is -2.49. The van der Waals surface area contributed by atoms with Crippen molar-refractivity contribution in [1.29, 1.82) is 0 Å². The highest BCUT2D eigenvalue weighted by Crippen LogP contribution is 2.28. The molecule has 0 aromatic heterocycles. The number of nitrogens with one attached hydrogen (secondary N) is 1. The van der Waals surface area contributed by atoms with Gasteiger partial charge in [0.15, 0.2) is 0 Å². The summed E-state index contributed by atoms with van der Waals surface area (Å²) in [5.74, 6) is 1.89. The normalized spacial score (nSPS) is 33.4. The Morgan fingerprint density at radius 1 is 1.19 bits per heavy atom. The number of hydrogen-bond acceptors (Lipinski definition) is 2. The van der Waals surface area contributed by atoms with E-state index < -0.39 is 0 Å². The van der Waals surface area contributed by atoms with Crippen molar-refractivity contribution < 1.29 is 0 Å². The van der Waals surface area contributed by atoms with E-state index in [1.807, 2.05) is 0 Å². The predicted octanol–water partition coefficient (Wildman–Crippen LogP) is 2.50. The van der Waals surface area contributed by atoms with E-state index in [1.54, 1.807) is 0 Å². The van der Waals surface area contributed by atoms with Crippen molar-refractivity contribution in [1.82, 2.24) is 10.2 Å². The Balaban J connectivity index is 1.79. The van der Waals surface area contributed by atoms with Crippen molar-refractivity contribution in [3.8, 4) is 0 Å². The van der Waals surface area contributed by atoms with Crippen LogP contribution in [0.2, 0.25) is 0 Å². The number of hydrogen-bond donors (Lipinski definition) is 1. The molecule has 0 aromatic carbocycles. The summed E-state index contributed by atoms with van der Waals surface area (Å²) in [7, 11) is 2.12. The van der Waals surface area contributed by atoms with Gasteiger partial charge in [0, 0.05) is 19.1 Å². The largest absolute Gasteiger partial charge is 0.317 e. The van der Waals surface area contributed by atoms with Crippen molar-refractivity contribution in [3.05, 3.63) is 0 Å². The second-order valence-electron chi connectivity index (χ2n) is 5.76. The van der Waals surface area contributed by atoms with Gasteiger partial charge in [0.2, 0.25) is 0 Å². The fourth-order valence-electron chi connectivity index (χ4n) is 3.63. The third-order valence-electron chi connectivity index (χ3n) is 4.70. The summed E-state index contributed by atoms with van der Waals surface area (Å²) in [5, 5.41) is 3.49. The molecule has 1 N–H and O–H groups in total. The fraction of sp³-hybridized carbons (Fsp3) is 1.00. The van der Waals surface area contributed by atoms with Gasteiger partial charge in [0.1, 0.15) is 0 Å². The highest BCUT2D eigenvalue weighted by atomic mass is 15.1. The lowest BCUT2D eigenvalue weighted by molar-refractivity contribution is 0.122. The zero-order chi connectivity index (χ0) is 11.4. The van der Waals surface area contributed by atoms with E-state index in [1.165, 1.54) is 58.2 Å². The Morgan fingerprint density at radius 2 is 1.94 bits per heavy atom. The van der Waals surface area contributed by atoms with Gasteiger partial charge >= 0.3 is 0 Å².